The van der Waals surface area contributed by atoms with E-state index in [2.05, 4.69) is 17.9 Å². The molecule has 0 spiro atoms. The number of carbonyl (C=O) groups is 1. The van der Waals surface area contributed by atoms with Gasteiger partial charge < -0.3 is 14.5 Å². The van der Waals surface area contributed by atoms with E-state index in [9.17, 15) is 4.79 Å². The average Bonchev–Trinajstić information content (AvgIpc) is 2.50. The topological polar surface area (TPSA) is 32.8 Å². The van der Waals surface area contributed by atoms with Crippen LogP contribution in [-0.2, 0) is 4.79 Å². The molecule has 4 nitrogen and oxygen atoms in total. The van der Waals surface area contributed by atoms with Crippen molar-refractivity contribution in [2.24, 2.45) is 0 Å². The van der Waals surface area contributed by atoms with Gasteiger partial charge in [-0.3, -0.25) is 4.79 Å². The Morgan fingerprint density at radius 2 is 1.90 bits per heavy atom. The monoisotopic (exact) mass is 290 g/mol. The van der Waals surface area contributed by atoms with Crippen molar-refractivity contribution < 1.29 is 9.53 Å². The Kier molecular flexibility index (Phi) is 5.23. The third-order valence-corrected chi connectivity index (χ3v) is 4.13. The number of piperazine rings is 1. The molecule has 21 heavy (non-hydrogen) atoms. The molecule has 0 bridgehead atoms. The minimum atomic E-state index is -0.432. The maximum absolute atomic E-state index is 12.5. The predicted molar refractivity (Wildman–Crippen MR) is 84.7 cm³/mol. The number of benzene rings is 1. The molecular weight excluding hydrogens is 264 g/mol. The zero-order valence-corrected chi connectivity index (χ0v) is 13.6. The fourth-order valence-corrected chi connectivity index (χ4v) is 2.62. The molecule has 0 saturated carbocycles. The van der Waals surface area contributed by atoms with Gasteiger partial charge in [0.1, 0.15) is 5.75 Å². The molecule has 1 aromatic rings. The first kappa shape index (κ1) is 15.8. The Hall–Kier alpha value is -1.55. The molecule has 1 aliphatic rings. The first-order chi connectivity index (χ1) is 10.0. The van der Waals surface area contributed by atoms with Gasteiger partial charge in [0, 0.05) is 26.2 Å². The van der Waals surface area contributed by atoms with Gasteiger partial charge >= 0.3 is 0 Å². The van der Waals surface area contributed by atoms with Gasteiger partial charge in [0.05, 0.1) is 0 Å². The molecule has 1 fully saturated rings. The van der Waals surface area contributed by atoms with Crippen LogP contribution in [0.3, 0.4) is 0 Å². The molecule has 1 heterocycles. The molecule has 4 heteroatoms. The summed E-state index contributed by atoms with van der Waals surface area (Å²) in [7, 11) is 0. The van der Waals surface area contributed by atoms with E-state index in [1.54, 1.807) is 0 Å². The van der Waals surface area contributed by atoms with Crippen molar-refractivity contribution in [1.82, 2.24) is 9.80 Å². The highest BCUT2D eigenvalue weighted by molar-refractivity contribution is 5.81. The molecule has 2 rings (SSSR count). The van der Waals surface area contributed by atoms with E-state index in [0.29, 0.717) is 0 Å². The van der Waals surface area contributed by atoms with Crippen molar-refractivity contribution in [2.45, 2.75) is 33.8 Å². The molecule has 1 atom stereocenters. The van der Waals surface area contributed by atoms with Crippen LogP contribution in [0.5, 0.6) is 5.75 Å². The molecule has 116 valence electrons. The van der Waals surface area contributed by atoms with Crippen LogP contribution in [0.25, 0.3) is 0 Å². The van der Waals surface area contributed by atoms with Crippen LogP contribution >= 0.6 is 0 Å². The molecule has 0 unspecified atom stereocenters. The molecule has 0 radical (unpaired) electrons. The summed E-state index contributed by atoms with van der Waals surface area (Å²) in [6.07, 6.45) is -0.432. The third-order valence-electron chi connectivity index (χ3n) is 4.13. The number of amides is 1. The first-order valence-electron chi connectivity index (χ1n) is 7.76. The smallest absolute Gasteiger partial charge is 0.263 e. The van der Waals surface area contributed by atoms with Crippen LogP contribution in [0.1, 0.15) is 25.0 Å². The van der Waals surface area contributed by atoms with Crippen molar-refractivity contribution >= 4 is 5.91 Å². The van der Waals surface area contributed by atoms with Gasteiger partial charge in [0.2, 0.25) is 0 Å². The SMILES string of the molecule is CCN1CCN(C(=O)[C@@H](C)Oc2cc(C)ccc2C)CC1. The van der Waals surface area contributed by atoms with Crippen molar-refractivity contribution in [3.8, 4) is 5.75 Å². The van der Waals surface area contributed by atoms with Gasteiger partial charge in [0.25, 0.3) is 5.91 Å². The van der Waals surface area contributed by atoms with Gasteiger partial charge in [-0.05, 0) is 44.5 Å². The highest BCUT2D eigenvalue weighted by Gasteiger charge is 2.25. The van der Waals surface area contributed by atoms with E-state index >= 15 is 0 Å². The van der Waals surface area contributed by atoms with E-state index in [-0.39, 0.29) is 5.91 Å². The Morgan fingerprint density at radius 3 is 2.52 bits per heavy atom. The van der Waals surface area contributed by atoms with Crippen LogP contribution in [0.15, 0.2) is 18.2 Å². The maximum atomic E-state index is 12.5. The highest BCUT2D eigenvalue weighted by Crippen LogP contribution is 2.21. The molecule has 0 aliphatic carbocycles. The minimum Gasteiger partial charge on any atom is -0.481 e. The van der Waals surface area contributed by atoms with Gasteiger partial charge in [-0.15, -0.1) is 0 Å². The summed E-state index contributed by atoms with van der Waals surface area (Å²) in [5.41, 5.74) is 2.21. The lowest BCUT2D eigenvalue weighted by Crippen LogP contribution is -2.51. The Bertz CT molecular complexity index is 494. The fourth-order valence-electron chi connectivity index (χ4n) is 2.62. The van der Waals surface area contributed by atoms with Crippen LogP contribution in [0, 0.1) is 13.8 Å². The van der Waals surface area contributed by atoms with Crippen LogP contribution < -0.4 is 4.74 Å². The molecule has 1 saturated heterocycles. The number of hydrogen-bond acceptors (Lipinski definition) is 3. The standard InChI is InChI=1S/C17H26N2O2/c1-5-18-8-10-19(11-9-18)17(20)15(4)21-16-12-13(2)6-7-14(16)3/h6-7,12,15H,5,8-11H2,1-4H3/t15-/m1/s1. The van der Waals surface area contributed by atoms with Crippen LogP contribution in [0.2, 0.25) is 0 Å². The van der Waals surface area contributed by atoms with Crippen LogP contribution in [-0.4, -0.2) is 54.5 Å². The summed E-state index contributed by atoms with van der Waals surface area (Å²) < 4.78 is 5.89. The number of nitrogens with zero attached hydrogens (tertiary/aromatic N) is 2. The second-order valence-corrected chi connectivity index (χ2v) is 5.79. The fraction of sp³-hybridized carbons (Fsp3) is 0.588. The van der Waals surface area contributed by atoms with Gasteiger partial charge in [-0.2, -0.15) is 0 Å². The highest BCUT2D eigenvalue weighted by atomic mass is 16.5. The minimum absolute atomic E-state index is 0.0895. The van der Waals surface area contributed by atoms with Gasteiger partial charge in [0.15, 0.2) is 6.10 Å². The lowest BCUT2D eigenvalue weighted by atomic mass is 10.1. The summed E-state index contributed by atoms with van der Waals surface area (Å²) >= 11 is 0. The van der Waals surface area contributed by atoms with E-state index in [1.807, 2.05) is 37.8 Å². The van der Waals surface area contributed by atoms with Crippen molar-refractivity contribution in [3.63, 3.8) is 0 Å². The van der Waals surface area contributed by atoms with Gasteiger partial charge in [-0.1, -0.05) is 19.1 Å². The number of rotatable bonds is 4. The summed E-state index contributed by atoms with van der Waals surface area (Å²) in [5.74, 6) is 0.898. The quantitative estimate of drug-likeness (QED) is 0.852. The molecule has 0 N–H and O–H groups in total. The molecule has 0 aromatic heterocycles. The Labute approximate surface area is 127 Å². The largest absolute Gasteiger partial charge is 0.481 e. The number of likely N-dealkylation sites (N-methyl/N-ethyl adjacent to an activating group) is 1. The summed E-state index contributed by atoms with van der Waals surface area (Å²) in [6, 6.07) is 6.08. The lowest BCUT2D eigenvalue weighted by Gasteiger charge is -2.35. The van der Waals surface area contributed by atoms with E-state index in [4.69, 9.17) is 4.74 Å². The zero-order valence-electron chi connectivity index (χ0n) is 13.6. The Morgan fingerprint density at radius 1 is 1.24 bits per heavy atom. The van der Waals surface area contributed by atoms with E-state index < -0.39 is 6.10 Å². The van der Waals surface area contributed by atoms with Crippen LogP contribution in [0.4, 0.5) is 0 Å². The number of ether oxygens (including phenoxy) is 1. The Balaban J connectivity index is 1.95. The first-order valence-corrected chi connectivity index (χ1v) is 7.76. The molecule has 1 amide bonds. The average molecular weight is 290 g/mol. The third kappa shape index (κ3) is 3.97. The summed E-state index contributed by atoms with van der Waals surface area (Å²) in [6.45, 7) is 12.6. The predicted octanol–water partition coefficient (Wildman–Crippen LogP) is 2.23. The molecular formula is C17H26N2O2. The summed E-state index contributed by atoms with van der Waals surface area (Å²) in [5, 5.41) is 0. The second-order valence-electron chi connectivity index (χ2n) is 5.79. The van der Waals surface area contributed by atoms with Crippen molar-refractivity contribution in [3.05, 3.63) is 29.3 Å². The number of carbonyl (C=O) groups excluding carboxylic acids is 1. The second kappa shape index (κ2) is 6.94. The van der Waals surface area contributed by atoms with E-state index in [1.165, 1.54) is 0 Å². The van der Waals surface area contributed by atoms with E-state index in [0.717, 1.165) is 49.6 Å². The summed E-state index contributed by atoms with van der Waals surface area (Å²) in [4.78, 5) is 16.8. The van der Waals surface area contributed by atoms with Crippen molar-refractivity contribution in [2.75, 3.05) is 32.7 Å². The normalized spacial score (nSPS) is 17.6. The van der Waals surface area contributed by atoms with Crippen molar-refractivity contribution in [1.29, 1.82) is 0 Å². The number of hydrogen-bond donors (Lipinski definition) is 0. The molecule has 1 aromatic carbocycles. The number of aryl methyl sites for hydroxylation is 2. The molecule has 1 aliphatic heterocycles. The maximum Gasteiger partial charge on any atom is 0.263 e. The van der Waals surface area contributed by atoms with Gasteiger partial charge in [-0.25, -0.2) is 0 Å². The zero-order chi connectivity index (χ0) is 15.4. The lowest BCUT2D eigenvalue weighted by molar-refractivity contribution is -0.139.